The summed E-state index contributed by atoms with van der Waals surface area (Å²) < 4.78 is 0. The molecular formula is C21H24N10OS. The number of carbonyl (C=O) groups excluding carboxylic acids is 1. The Morgan fingerprint density at radius 2 is 2.15 bits per heavy atom. The molecule has 0 saturated carbocycles. The fourth-order valence-electron chi connectivity index (χ4n) is 4.72. The minimum absolute atomic E-state index is 0.0955. The number of hydrazine groups is 2. The molecule has 0 spiro atoms. The van der Waals surface area contributed by atoms with Crippen molar-refractivity contribution in [1.82, 2.24) is 34.8 Å². The van der Waals surface area contributed by atoms with Gasteiger partial charge in [0.2, 0.25) is 6.29 Å². The van der Waals surface area contributed by atoms with Crippen molar-refractivity contribution in [1.29, 1.82) is 0 Å². The van der Waals surface area contributed by atoms with Crippen LogP contribution in [0.1, 0.15) is 21.8 Å². The maximum absolute atomic E-state index is 13.2. The van der Waals surface area contributed by atoms with Gasteiger partial charge in [-0.2, -0.15) is 0 Å². The van der Waals surface area contributed by atoms with E-state index in [1.54, 1.807) is 23.2 Å². The van der Waals surface area contributed by atoms with Gasteiger partial charge >= 0.3 is 6.03 Å². The summed E-state index contributed by atoms with van der Waals surface area (Å²) in [7, 11) is 1.75. The molecule has 1 atom stereocenters. The normalized spacial score (nSPS) is 22.2. The average molecular weight is 465 g/mol. The van der Waals surface area contributed by atoms with Crippen LogP contribution < -0.4 is 5.84 Å². The molecule has 12 heteroatoms. The lowest BCUT2D eigenvalue weighted by molar-refractivity contribution is 0.0840. The fraction of sp³-hybridized carbons (Fsp3) is 0.381. The number of pyridine rings is 1. The first-order valence-corrected chi connectivity index (χ1v) is 11.7. The van der Waals surface area contributed by atoms with Crippen LogP contribution in [0.15, 0.2) is 39.5 Å². The number of amides is 2. The Labute approximate surface area is 195 Å². The molecule has 1 unspecified atom stereocenters. The quantitative estimate of drug-likeness (QED) is 0.674. The monoisotopic (exact) mass is 464 g/mol. The van der Waals surface area contributed by atoms with E-state index >= 15 is 0 Å². The van der Waals surface area contributed by atoms with Gasteiger partial charge in [0.15, 0.2) is 5.84 Å². The zero-order chi connectivity index (χ0) is 22.7. The van der Waals surface area contributed by atoms with E-state index in [9.17, 15) is 4.79 Å². The largest absolute Gasteiger partial charge is 0.341 e. The third kappa shape index (κ3) is 3.21. The van der Waals surface area contributed by atoms with Gasteiger partial charge in [0.05, 0.1) is 0 Å². The first-order chi connectivity index (χ1) is 16.0. The number of amidine groups is 1. The third-order valence-corrected chi connectivity index (χ3v) is 7.13. The van der Waals surface area contributed by atoms with Crippen molar-refractivity contribution in [2.45, 2.75) is 26.2 Å². The third-order valence-electron chi connectivity index (χ3n) is 6.35. The van der Waals surface area contributed by atoms with Gasteiger partial charge in [0.25, 0.3) is 0 Å². The molecule has 2 aromatic heterocycles. The molecular weight excluding hydrogens is 440 g/mol. The average Bonchev–Trinajstić information content (AvgIpc) is 3.52. The van der Waals surface area contributed by atoms with Crippen molar-refractivity contribution >= 4 is 35.2 Å². The summed E-state index contributed by atoms with van der Waals surface area (Å²) in [6, 6.07) is 2.11. The molecule has 11 nitrogen and oxygen atoms in total. The van der Waals surface area contributed by atoms with Gasteiger partial charge in [-0.1, -0.05) is 6.07 Å². The second kappa shape index (κ2) is 7.61. The van der Waals surface area contributed by atoms with E-state index in [-0.39, 0.29) is 6.03 Å². The summed E-state index contributed by atoms with van der Waals surface area (Å²) in [6.07, 6.45) is 5.63. The van der Waals surface area contributed by atoms with Crippen LogP contribution in [-0.4, -0.2) is 86.0 Å². The van der Waals surface area contributed by atoms with E-state index in [2.05, 4.69) is 32.9 Å². The van der Waals surface area contributed by atoms with Crippen LogP contribution in [0.5, 0.6) is 0 Å². The SMILES string of the molecule is Cc1cnc2c(c1)CN(CCN1C(=O)N(C)N3C4=C(c5nccs5)N=CN(N)C4=NC13)CC2. The Bertz CT molecular complexity index is 1210. The number of nitrogens with zero attached hydrogens (tertiary/aromatic N) is 9. The van der Waals surface area contributed by atoms with Crippen LogP contribution in [0, 0.1) is 6.92 Å². The van der Waals surface area contributed by atoms with Crippen LogP contribution in [0.25, 0.3) is 5.70 Å². The maximum atomic E-state index is 13.2. The minimum atomic E-state index is -0.490. The summed E-state index contributed by atoms with van der Waals surface area (Å²) >= 11 is 1.49. The maximum Gasteiger partial charge on any atom is 0.341 e. The summed E-state index contributed by atoms with van der Waals surface area (Å²) in [6.45, 7) is 5.14. The van der Waals surface area contributed by atoms with Crippen molar-refractivity contribution in [2.75, 3.05) is 26.7 Å². The molecule has 6 heterocycles. The number of aryl methyl sites for hydroxylation is 1. The van der Waals surface area contributed by atoms with Crippen LogP contribution >= 0.6 is 11.3 Å². The predicted molar refractivity (Wildman–Crippen MR) is 124 cm³/mol. The van der Waals surface area contributed by atoms with Gasteiger partial charge in [-0.25, -0.2) is 40.6 Å². The van der Waals surface area contributed by atoms with Crippen molar-refractivity contribution in [3.63, 3.8) is 0 Å². The molecule has 2 aromatic rings. The molecule has 33 heavy (non-hydrogen) atoms. The van der Waals surface area contributed by atoms with Crippen LogP contribution in [0.2, 0.25) is 0 Å². The molecule has 0 bridgehead atoms. The summed E-state index contributed by atoms with van der Waals surface area (Å²) in [5.74, 6) is 6.73. The van der Waals surface area contributed by atoms with Gasteiger partial charge in [-0.15, -0.1) is 11.3 Å². The smallest absolute Gasteiger partial charge is 0.297 e. The van der Waals surface area contributed by atoms with Crippen molar-refractivity contribution < 1.29 is 4.79 Å². The van der Waals surface area contributed by atoms with Gasteiger partial charge < -0.3 is 0 Å². The number of hydrogen-bond acceptors (Lipinski definition) is 10. The lowest BCUT2D eigenvalue weighted by Crippen LogP contribution is -2.44. The lowest BCUT2D eigenvalue weighted by Gasteiger charge is -2.30. The number of thiazole rings is 1. The van der Waals surface area contributed by atoms with Crippen LogP contribution in [0.3, 0.4) is 0 Å². The van der Waals surface area contributed by atoms with E-state index < -0.39 is 6.29 Å². The number of fused-ring (bicyclic) bond motifs is 4. The van der Waals surface area contributed by atoms with E-state index in [0.29, 0.717) is 23.8 Å². The minimum Gasteiger partial charge on any atom is -0.297 e. The highest BCUT2D eigenvalue weighted by Crippen LogP contribution is 2.38. The molecule has 1 saturated heterocycles. The number of hydrogen-bond donors (Lipinski definition) is 1. The number of aliphatic imine (C=N–C) groups is 2. The predicted octanol–water partition coefficient (Wildman–Crippen LogP) is 1.07. The molecule has 4 aliphatic heterocycles. The highest BCUT2D eigenvalue weighted by molar-refractivity contribution is 7.10. The van der Waals surface area contributed by atoms with E-state index in [0.717, 1.165) is 31.1 Å². The second-order valence-electron chi connectivity index (χ2n) is 8.47. The molecule has 0 aromatic carbocycles. The van der Waals surface area contributed by atoms with Crippen molar-refractivity contribution in [3.8, 4) is 0 Å². The topological polar surface area (TPSA) is 110 Å². The summed E-state index contributed by atoms with van der Waals surface area (Å²) in [5, 5.41) is 7.52. The molecule has 6 rings (SSSR count). The zero-order valence-electron chi connectivity index (χ0n) is 18.4. The summed E-state index contributed by atoms with van der Waals surface area (Å²) in [5.41, 5.74) is 4.99. The van der Waals surface area contributed by atoms with Gasteiger partial charge in [-0.05, 0) is 18.1 Å². The zero-order valence-corrected chi connectivity index (χ0v) is 19.2. The number of nitrogens with two attached hydrogens (primary N) is 1. The Morgan fingerprint density at radius 1 is 1.27 bits per heavy atom. The van der Waals surface area contributed by atoms with Gasteiger partial charge in [0.1, 0.15) is 22.7 Å². The number of carbonyl (C=O) groups is 1. The van der Waals surface area contributed by atoms with Gasteiger partial charge in [-0.3, -0.25) is 14.8 Å². The van der Waals surface area contributed by atoms with E-state index in [4.69, 9.17) is 10.8 Å². The molecule has 2 N–H and O–H groups in total. The first kappa shape index (κ1) is 20.3. The van der Waals surface area contributed by atoms with E-state index in [1.807, 2.05) is 16.6 Å². The second-order valence-corrected chi connectivity index (χ2v) is 9.37. The van der Waals surface area contributed by atoms with Crippen LogP contribution in [-0.2, 0) is 13.0 Å². The molecule has 4 aliphatic rings. The highest BCUT2D eigenvalue weighted by Gasteiger charge is 2.51. The molecule has 0 radical (unpaired) electrons. The molecule has 170 valence electrons. The Hall–Kier alpha value is -3.35. The van der Waals surface area contributed by atoms with Gasteiger partial charge in [0, 0.05) is 63.1 Å². The van der Waals surface area contributed by atoms with Crippen LogP contribution in [0.4, 0.5) is 4.79 Å². The van der Waals surface area contributed by atoms with E-state index in [1.165, 1.54) is 39.5 Å². The lowest BCUT2D eigenvalue weighted by atomic mass is 10.0. The number of rotatable bonds is 4. The van der Waals surface area contributed by atoms with Crippen molar-refractivity contribution in [2.24, 2.45) is 15.8 Å². The Kier molecular flexibility index (Phi) is 4.67. The number of aromatic nitrogens is 2. The Balaban J connectivity index is 1.25. The summed E-state index contributed by atoms with van der Waals surface area (Å²) in [4.78, 5) is 35.6. The molecule has 0 aliphatic carbocycles. The first-order valence-electron chi connectivity index (χ1n) is 10.8. The fourth-order valence-corrected chi connectivity index (χ4v) is 5.35. The number of urea groups is 1. The Morgan fingerprint density at radius 3 is 2.97 bits per heavy atom. The molecule has 1 fully saturated rings. The standard InChI is InChI=1S/C21H24N10OS/c1-13-9-14-11-28(5-3-15(14)24-10-13)6-7-29-20-26-18-17(31(20)27(2)21(29)32)16(25-12-30(18)22)19-23-4-8-33-19/h4,8-10,12,20H,3,5-7,11,22H2,1-2H3. The van der Waals surface area contributed by atoms with Crippen molar-refractivity contribution in [3.05, 3.63) is 51.4 Å². The highest BCUT2D eigenvalue weighted by atomic mass is 32.1. The molecule has 2 amide bonds.